The molecule has 0 atom stereocenters. The van der Waals surface area contributed by atoms with Crippen molar-refractivity contribution >= 4 is 7.82 Å². The summed E-state index contributed by atoms with van der Waals surface area (Å²) in [6.45, 7) is 5.80. The summed E-state index contributed by atoms with van der Waals surface area (Å²) in [7, 11) is -4.71. The summed E-state index contributed by atoms with van der Waals surface area (Å²) in [5.41, 5.74) is 6.18. The monoisotopic (exact) mass is 368 g/mol. The Hall–Kier alpha value is -2.39. The van der Waals surface area contributed by atoms with Gasteiger partial charge in [-0.15, -0.1) is 0 Å². The van der Waals surface area contributed by atoms with Crippen LogP contribution >= 0.6 is 7.82 Å². The maximum atomic E-state index is 11.7. The molecular weight excluding hydrogens is 347 g/mol. The summed E-state index contributed by atoms with van der Waals surface area (Å²) in [6.07, 6.45) is 0. The van der Waals surface area contributed by atoms with Crippen molar-refractivity contribution in [1.82, 2.24) is 0 Å². The largest absolute Gasteiger partial charge is 0.524 e. The number of benzene rings is 3. The second-order valence-corrected chi connectivity index (χ2v) is 7.43. The first-order valence-corrected chi connectivity index (χ1v) is 9.82. The Morgan fingerprint density at radius 3 is 1.62 bits per heavy atom. The summed E-state index contributed by atoms with van der Waals surface area (Å²) < 4.78 is 16.8. The second kappa shape index (κ2) is 7.08. The molecule has 3 aromatic carbocycles. The molecule has 5 heteroatoms. The molecule has 0 bridgehead atoms. The highest BCUT2D eigenvalue weighted by Crippen LogP contribution is 2.50. The van der Waals surface area contributed by atoms with Gasteiger partial charge < -0.3 is 4.52 Å². The van der Waals surface area contributed by atoms with E-state index in [1.165, 1.54) is 0 Å². The Morgan fingerprint density at radius 2 is 1.15 bits per heavy atom. The molecular formula is C21H21O4P. The fourth-order valence-corrected chi connectivity index (χ4v) is 3.67. The molecule has 0 radical (unpaired) electrons. The second-order valence-electron chi connectivity index (χ2n) is 6.27. The van der Waals surface area contributed by atoms with Gasteiger partial charge in [-0.25, -0.2) is 4.57 Å². The van der Waals surface area contributed by atoms with Gasteiger partial charge in [-0.3, -0.25) is 9.79 Å². The topological polar surface area (TPSA) is 66.8 Å². The zero-order chi connectivity index (χ0) is 18.9. The molecule has 0 unspecified atom stereocenters. The Kier molecular flexibility index (Phi) is 5.01. The SMILES string of the molecule is Cc1c(C)c(OP(=O)(O)O)c(-c2ccccc2)c(-c2ccccc2)c1C. The third-order valence-corrected chi connectivity index (χ3v) is 5.07. The van der Waals surface area contributed by atoms with E-state index in [1.807, 2.05) is 81.4 Å². The van der Waals surface area contributed by atoms with Crippen LogP contribution in [0.3, 0.4) is 0 Å². The van der Waals surface area contributed by atoms with Gasteiger partial charge in [-0.2, -0.15) is 0 Å². The molecule has 3 aromatic rings. The summed E-state index contributed by atoms with van der Waals surface area (Å²) in [6, 6.07) is 19.4. The van der Waals surface area contributed by atoms with Crippen molar-refractivity contribution < 1.29 is 18.9 Å². The van der Waals surface area contributed by atoms with Crippen molar-refractivity contribution in [1.29, 1.82) is 0 Å². The van der Waals surface area contributed by atoms with Gasteiger partial charge in [0, 0.05) is 5.56 Å². The van der Waals surface area contributed by atoms with Crippen LogP contribution in [0.4, 0.5) is 0 Å². The fraction of sp³-hybridized carbons (Fsp3) is 0.143. The van der Waals surface area contributed by atoms with Gasteiger partial charge in [-0.1, -0.05) is 60.7 Å². The molecule has 3 rings (SSSR count). The van der Waals surface area contributed by atoms with Crippen LogP contribution in [0.2, 0.25) is 0 Å². The number of rotatable bonds is 4. The van der Waals surface area contributed by atoms with Crippen LogP contribution in [-0.4, -0.2) is 9.79 Å². The van der Waals surface area contributed by atoms with Gasteiger partial charge in [0.2, 0.25) is 0 Å². The molecule has 0 fully saturated rings. The normalized spacial score (nSPS) is 11.4. The van der Waals surface area contributed by atoms with Crippen LogP contribution in [0, 0.1) is 20.8 Å². The van der Waals surface area contributed by atoms with E-state index in [0.717, 1.165) is 33.4 Å². The van der Waals surface area contributed by atoms with Crippen LogP contribution in [0.5, 0.6) is 5.75 Å². The van der Waals surface area contributed by atoms with E-state index in [4.69, 9.17) is 4.52 Å². The average molecular weight is 368 g/mol. The van der Waals surface area contributed by atoms with E-state index in [0.29, 0.717) is 5.56 Å². The fourth-order valence-electron chi connectivity index (χ4n) is 3.21. The first-order chi connectivity index (χ1) is 12.3. The summed E-state index contributed by atoms with van der Waals surface area (Å²) in [5, 5.41) is 0. The van der Waals surface area contributed by atoms with Gasteiger partial charge in [0.05, 0.1) is 0 Å². The molecule has 134 valence electrons. The molecule has 0 spiro atoms. The van der Waals surface area contributed by atoms with Gasteiger partial charge in [0.15, 0.2) is 0 Å². The zero-order valence-electron chi connectivity index (χ0n) is 14.9. The molecule has 0 aromatic heterocycles. The summed E-state index contributed by atoms with van der Waals surface area (Å²) >= 11 is 0. The maximum absolute atomic E-state index is 11.7. The van der Waals surface area contributed by atoms with Gasteiger partial charge in [0.1, 0.15) is 5.75 Å². The lowest BCUT2D eigenvalue weighted by Crippen LogP contribution is -2.02. The smallest absolute Gasteiger partial charge is 0.403 e. The Balaban J connectivity index is 2.45. The maximum Gasteiger partial charge on any atom is 0.524 e. The zero-order valence-corrected chi connectivity index (χ0v) is 15.8. The van der Waals surface area contributed by atoms with E-state index >= 15 is 0 Å². The molecule has 2 N–H and O–H groups in total. The molecule has 0 aliphatic heterocycles. The minimum Gasteiger partial charge on any atom is -0.403 e. The van der Waals surface area contributed by atoms with E-state index < -0.39 is 7.82 Å². The third kappa shape index (κ3) is 3.58. The van der Waals surface area contributed by atoms with Crippen molar-refractivity contribution in [3.05, 3.63) is 77.4 Å². The standard InChI is InChI=1S/C21H21O4P/c1-14-15(2)19(17-10-6-4-7-11-17)20(18-12-8-5-9-13-18)21(16(14)3)25-26(22,23)24/h4-13H,1-3H3,(H2,22,23,24). The molecule has 0 aliphatic rings. The predicted molar refractivity (Wildman–Crippen MR) is 104 cm³/mol. The van der Waals surface area contributed by atoms with Crippen molar-refractivity contribution in [2.45, 2.75) is 20.8 Å². The number of phosphoric ester groups is 1. The van der Waals surface area contributed by atoms with Crippen molar-refractivity contribution in [3.8, 4) is 28.0 Å². The highest BCUT2D eigenvalue weighted by molar-refractivity contribution is 7.46. The number of phosphoric acid groups is 1. The molecule has 26 heavy (non-hydrogen) atoms. The van der Waals surface area contributed by atoms with Gasteiger partial charge >= 0.3 is 7.82 Å². The van der Waals surface area contributed by atoms with Crippen LogP contribution in [0.25, 0.3) is 22.3 Å². The lowest BCUT2D eigenvalue weighted by Gasteiger charge is -2.23. The van der Waals surface area contributed by atoms with E-state index in [2.05, 4.69) is 0 Å². The lowest BCUT2D eigenvalue weighted by molar-refractivity contribution is 0.283. The Labute approximate surface area is 153 Å². The number of hydrogen-bond acceptors (Lipinski definition) is 2. The highest BCUT2D eigenvalue weighted by atomic mass is 31.2. The summed E-state index contributed by atoms with van der Waals surface area (Å²) in [5.74, 6) is 0.228. The van der Waals surface area contributed by atoms with Crippen molar-refractivity contribution in [3.63, 3.8) is 0 Å². The molecule has 0 aliphatic carbocycles. The lowest BCUT2D eigenvalue weighted by atomic mass is 9.85. The predicted octanol–water partition coefficient (Wildman–Crippen LogP) is 5.42. The highest BCUT2D eigenvalue weighted by Gasteiger charge is 2.26. The van der Waals surface area contributed by atoms with Crippen LogP contribution in [0.1, 0.15) is 16.7 Å². The summed E-state index contributed by atoms with van der Waals surface area (Å²) in [4.78, 5) is 19.0. The van der Waals surface area contributed by atoms with Crippen molar-refractivity contribution in [2.75, 3.05) is 0 Å². The van der Waals surface area contributed by atoms with Crippen LogP contribution in [0.15, 0.2) is 60.7 Å². The van der Waals surface area contributed by atoms with Gasteiger partial charge in [-0.05, 0) is 54.2 Å². The van der Waals surface area contributed by atoms with Crippen LogP contribution < -0.4 is 4.52 Å². The van der Waals surface area contributed by atoms with Gasteiger partial charge in [0.25, 0.3) is 0 Å². The molecule has 0 saturated carbocycles. The Bertz CT molecular complexity index is 976. The third-order valence-electron chi connectivity index (χ3n) is 4.65. The van der Waals surface area contributed by atoms with E-state index in [9.17, 15) is 14.4 Å². The molecule has 0 amide bonds. The van der Waals surface area contributed by atoms with Crippen molar-refractivity contribution in [2.24, 2.45) is 0 Å². The minimum absolute atomic E-state index is 0.228. The molecule has 0 heterocycles. The first kappa shape index (κ1) is 18.4. The number of hydrogen-bond donors (Lipinski definition) is 2. The quantitative estimate of drug-likeness (QED) is 0.604. The van der Waals surface area contributed by atoms with E-state index in [1.54, 1.807) is 0 Å². The van der Waals surface area contributed by atoms with E-state index in [-0.39, 0.29) is 5.75 Å². The minimum atomic E-state index is -4.71. The average Bonchev–Trinajstić information content (AvgIpc) is 2.62. The Morgan fingerprint density at radius 1 is 0.692 bits per heavy atom. The first-order valence-electron chi connectivity index (χ1n) is 8.29. The molecule has 0 saturated heterocycles. The van der Waals surface area contributed by atoms with Crippen LogP contribution in [-0.2, 0) is 4.57 Å². The molecule has 4 nitrogen and oxygen atoms in total.